The smallest absolute Gasteiger partial charge is 0.307 e. The predicted octanol–water partition coefficient (Wildman–Crippen LogP) is 2.31. The van der Waals surface area contributed by atoms with Gasteiger partial charge >= 0.3 is 5.97 Å². The van der Waals surface area contributed by atoms with E-state index in [0.29, 0.717) is 11.1 Å². The van der Waals surface area contributed by atoms with Gasteiger partial charge in [-0.25, -0.2) is 0 Å². The average molecular weight is 217 g/mol. The van der Waals surface area contributed by atoms with E-state index in [9.17, 15) is 4.79 Å². The first-order valence-electron chi connectivity index (χ1n) is 5.38. The Morgan fingerprint density at radius 1 is 1.38 bits per heavy atom. The number of rotatable bonds is 4. The molecule has 1 aromatic carbocycles. The first kappa shape index (κ1) is 12.3. The molecule has 0 aliphatic carbocycles. The minimum atomic E-state index is -0.893. The molecule has 0 radical (unpaired) electrons. The zero-order chi connectivity index (χ0) is 12.1. The molecule has 0 bridgehead atoms. The van der Waals surface area contributed by atoms with Gasteiger partial charge in [-0.05, 0) is 35.6 Å². The van der Waals surface area contributed by atoms with Crippen LogP contribution in [0, 0.1) is 11.3 Å². The molecule has 84 valence electrons. The van der Waals surface area contributed by atoms with Crippen molar-refractivity contribution in [2.24, 2.45) is 0 Å². The van der Waals surface area contributed by atoms with Crippen LogP contribution in [0.4, 0.5) is 0 Å². The van der Waals surface area contributed by atoms with Crippen molar-refractivity contribution < 1.29 is 9.90 Å². The summed E-state index contributed by atoms with van der Waals surface area (Å²) in [7, 11) is 0. The summed E-state index contributed by atoms with van der Waals surface area (Å²) in [4.78, 5) is 10.8. The van der Waals surface area contributed by atoms with Crippen LogP contribution in [0.3, 0.4) is 0 Å². The monoisotopic (exact) mass is 217 g/mol. The van der Waals surface area contributed by atoms with Gasteiger partial charge in [-0.1, -0.05) is 19.9 Å². The van der Waals surface area contributed by atoms with Crippen LogP contribution in [-0.2, 0) is 24.1 Å². The molecule has 16 heavy (non-hydrogen) atoms. The molecule has 0 aliphatic heterocycles. The standard InChI is InChI=1S/C13H15NO2/c1-3-9-5-10(4-2)12(7-13(15)16)11(6-9)8-14/h5-6H,3-4,7H2,1-2H3,(H,15,16). The Kier molecular flexibility index (Phi) is 4.07. The highest BCUT2D eigenvalue weighted by atomic mass is 16.4. The quantitative estimate of drug-likeness (QED) is 0.841. The molecule has 0 fully saturated rings. The molecule has 3 nitrogen and oxygen atoms in total. The van der Waals surface area contributed by atoms with E-state index in [1.807, 2.05) is 19.9 Å². The maximum atomic E-state index is 10.8. The van der Waals surface area contributed by atoms with E-state index in [2.05, 4.69) is 6.07 Å². The van der Waals surface area contributed by atoms with E-state index < -0.39 is 5.97 Å². The highest BCUT2D eigenvalue weighted by Crippen LogP contribution is 2.19. The molecule has 0 saturated heterocycles. The van der Waals surface area contributed by atoms with Crippen LogP contribution in [0.2, 0.25) is 0 Å². The zero-order valence-electron chi connectivity index (χ0n) is 9.58. The summed E-state index contributed by atoms with van der Waals surface area (Å²) < 4.78 is 0. The van der Waals surface area contributed by atoms with Gasteiger partial charge in [0.25, 0.3) is 0 Å². The Balaban J connectivity index is 3.32. The third kappa shape index (κ3) is 2.60. The molecular weight excluding hydrogens is 202 g/mol. The summed E-state index contributed by atoms with van der Waals surface area (Å²) >= 11 is 0. The largest absolute Gasteiger partial charge is 0.481 e. The normalized spacial score (nSPS) is 9.81. The Labute approximate surface area is 95.3 Å². The van der Waals surface area contributed by atoms with Gasteiger partial charge in [0.1, 0.15) is 0 Å². The van der Waals surface area contributed by atoms with E-state index in [4.69, 9.17) is 10.4 Å². The van der Waals surface area contributed by atoms with Gasteiger partial charge in [0, 0.05) is 0 Å². The van der Waals surface area contributed by atoms with Crippen molar-refractivity contribution in [1.82, 2.24) is 0 Å². The summed E-state index contributed by atoms with van der Waals surface area (Å²) in [6.45, 7) is 3.99. The number of carbonyl (C=O) groups is 1. The fraction of sp³-hybridized carbons (Fsp3) is 0.385. The molecular formula is C13H15NO2. The molecule has 0 spiro atoms. The van der Waals surface area contributed by atoms with Crippen LogP contribution in [-0.4, -0.2) is 11.1 Å². The molecule has 1 N–H and O–H groups in total. The van der Waals surface area contributed by atoms with E-state index in [-0.39, 0.29) is 6.42 Å². The third-order valence-electron chi connectivity index (χ3n) is 2.64. The highest BCUT2D eigenvalue weighted by Gasteiger charge is 2.12. The number of aryl methyl sites for hydroxylation is 2. The second kappa shape index (κ2) is 5.32. The summed E-state index contributed by atoms with van der Waals surface area (Å²) in [6, 6.07) is 5.88. The van der Waals surface area contributed by atoms with Crippen LogP contribution < -0.4 is 0 Å². The van der Waals surface area contributed by atoms with Gasteiger partial charge < -0.3 is 5.11 Å². The lowest BCUT2D eigenvalue weighted by molar-refractivity contribution is -0.136. The van der Waals surface area contributed by atoms with Crippen LogP contribution in [0.15, 0.2) is 12.1 Å². The SMILES string of the molecule is CCc1cc(C#N)c(CC(=O)O)c(CC)c1. The number of hydrogen-bond donors (Lipinski definition) is 1. The molecule has 0 aromatic heterocycles. The van der Waals surface area contributed by atoms with Crippen molar-refractivity contribution in [2.45, 2.75) is 33.1 Å². The lowest BCUT2D eigenvalue weighted by Crippen LogP contribution is -2.06. The number of hydrogen-bond acceptors (Lipinski definition) is 2. The molecule has 3 heteroatoms. The van der Waals surface area contributed by atoms with E-state index in [1.54, 1.807) is 6.07 Å². The Bertz CT molecular complexity index is 444. The minimum Gasteiger partial charge on any atom is -0.481 e. The molecule has 1 rings (SSSR count). The summed E-state index contributed by atoms with van der Waals surface area (Å²) in [5.41, 5.74) is 3.22. The fourth-order valence-corrected chi connectivity index (χ4v) is 1.78. The van der Waals surface area contributed by atoms with Crippen LogP contribution >= 0.6 is 0 Å². The van der Waals surface area contributed by atoms with Crippen LogP contribution in [0.1, 0.15) is 36.1 Å². The Morgan fingerprint density at radius 2 is 2.06 bits per heavy atom. The van der Waals surface area contributed by atoms with E-state index in [0.717, 1.165) is 24.0 Å². The van der Waals surface area contributed by atoms with Crippen molar-refractivity contribution in [1.29, 1.82) is 5.26 Å². The molecule has 0 saturated carbocycles. The summed E-state index contributed by atoms with van der Waals surface area (Å²) in [5, 5.41) is 17.9. The van der Waals surface area contributed by atoms with Gasteiger partial charge in [0.2, 0.25) is 0 Å². The number of carboxylic acids is 1. The number of benzene rings is 1. The van der Waals surface area contributed by atoms with Gasteiger partial charge in [-0.15, -0.1) is 0 Å². The summed E-state index contributed by atoms with van der Waals surface area (Å²) in [6.07, 6.45) is 1.54. The van der Waals surface area contributed by atoms with Gasteiger partial charge in [-0.3, -0.25) is 4.79 Å². The van der Waals surface area contributed by atoms with Gasteiger partial charge in [0.15, 0.2) is 0 Å². The maximum Gasteiger partial charge on any atom is 0.307 e. The Morgan fingerprint density at radius 3 is 2.50 bits per heavy atom. The lowest BCUT2D eigenvalue weighted by Gasteiger charge is -2.10. The van der Waals surface area contributed by atoms with Crippen molar-refractivity contribution in [2.75, 3.05) is 0 Å². The number of nitriles is 1. The van der Waals surface area contributed by atoms with Crippen LogP contribution in [0.25, 0.3) is 0 Å². The van der Waals surface area contributed by atoms with Crippen molar-refractivity contribution in [3.8, 4) is 6.07 Å². The lowest BCUT2D eigenvalue weighted by atomic mass is 9.93. The molecule has 0 aliphatic rings. The first-order valence-corrected chi connectivity index (χ1v) is 5.38. The van der Waals surface area contributed by atoms with Crippen LogP contribution in [0.5, 0.6) is 0 Å². The van der Waals surface area contributed by atoms with E-state index >= 15 is 0 Å². The first-order chi connectivity index (χ1) is 7.62. The topological polar surface area (TPSA) is 61.1 Å². The third-order valence-corrected chi connectivity index (χ3v) is 2.64. The summed E-state index contributed by atoms with van der Waals surface area (Å²) in [5.74, 6) is -0.893. The molecule has 1 aromatic rings. The van der Waals surface area contributed by atoms with Crippen molar-refractivity contribution in [3.05, 3.63) is 34.4 Å². The number of carboxylic acid groups (broad SMARTS) is 1. The van der Waals surface area contributed by atoms with Crippen molar-refractivity contribution in [3.63, 3.8) is 0 Å². The molecule has 0 heterocycles. The van der Waals surface area contributed by atoms with E-state index in [1.165, 1.54) is 0 Å². The zero-order valence-corrected chi connectivity index (χ0v) is 9.58. The predicted molar refractivity (Wildman–Crippen MR) is 61.3 cm³/mol. The number of aliphatic carboxylic acids is 1. The average Bonchev–Trinajstić information content (AvgIpc) is 2.28. The Hall–Kier alpha value is -1.82. The van der Waals surface area contributed by atoms with Crippen molar-refractivity contribution >= 4 is 5.97 Å². The molecule has 0 amide bonds. The fourth-order valence-electron chi connectivity index (χ4n) is 1.78. The second-order valence-electron chi connectivity index (χ2n) is 3.67. The molecule has 0 atom stereocenters. The molecule has 0 unspecified atom stereocenters. The second-order valence-corrected chi connectivity index (χ2v) is 3.67. The number of nitrogens with zero attached hydrogens (tertiary/aromatic N) is 1. The minimum absolute atomic E-state index is 0.0734. The van der Waals surface area contributed by atoms with Gasteiger partial charge in [0.05, 0.1) is 18.1 Å². The van der Waals surface area contributed by atoms with Gasteiger partial charge in [-0.2, -0.15) is 5.26 Å². The maximum absolute atomic E-state index is 10.8. The highest BCUT2D eigenvalue weighted by molar-refractivity contribution is 5.72.